The van der Waals surface area contributed by atoms with Crippen molar-refractivity contribution in [3.8, 4) is 0 Å². The van der Waals surface area contributed by atoms with Gasteiger partial charge in [0.05, 0.1) is 19.6 Å². The standard InChI is InChI=1S/C7H16N2.C3H6O4/c1-6-5-8(3)7(2)9(6)4;1-6-2-7-3(4)5/h6-7H,5H2,1-4H3;2H2,1H3,(H,4,5). The number of quaternary nitrogens is 1. The third kappa shape index (κ3) is 5.29. The highest BCUT2D eigenvalue weighted by Gasteiger charge is 2.31. The molecule has 0 spiro atoms. The Bertz CT molecular complexity index is 201. The predicted molar refractivity (Wildman–Crippen MR) is 56.8 cm³/mol. The van der Waals surface area contributed by atoms with Crippen LogP contribution in [0.1, 0.15) is 13.8 Å². The highest BCUT2D eigenvalue weighted by molar-refractivity contribution is 5.53. The van der Waals surface area contributed by atoms with Crippen LogP contribution in [0.5, 0.6) is 0 Å². The fourth-order valence-corrected chi connectivity index (χ4v) is 1.62. The van der Waals surface area contributed by atoms with Gasteiger partial charge in [-0.15, -0.1) is 0 Å². The van der Waals surface area contributed by atoms with Crippen molar-refractivity contribution in [3.05, 3.63) is 0 Å². The molecule has 0 aromatic rings. The zero-order valence-corrected chi connectivity index (χ0v) is 10.6. The Balaban J connectivity index is 0.000000293. The second-order valence-corrected chi connectivity index (χ2v) is 4.04. The maximum absolute atomic E-state index is 9.34. The number of ether oxygens (including phenoxy) is 2. The Morgan fingerprint density at radius 3 is 2.25 bits per heavy atom. The van der Waals surface area contributed by atoms with E-state index in [1.807, 2.05) is 0 Å². The molecule has 1 heterocycles. The average molecular weight is 234 g/mol. The van der Waals surface area contributed by atoms with E-state index in [0.717, 1.165) is 6.04 Å². The number of rotatable bonds is 2. The summed E-state index contributed by atoms with van der Waals surface area (Å²) in [6.07, 6.45) is -0.859. The molecule has 3 unspecified atom stereocenters. The van der Waals surface area contributed by atoms with Gasteiger partial charge < -0.3 is 24.3 Å². The molecule has 6 heteroatoms. The Morgan fingerprint density at radius 2 is 2.12 bits per heavy atom. The molecule has 0 saturated carbocycles. The van der Waals surface area contributed by atoms with Crippen LogP contribution in [0, 0.1) is 0 Å². The number of methoxy groups -OCH3 is 1. The van der Waals surface area contributed by atoms with Gasteiger partial charge >= 0.3 is 0 Å². The Hall–Kier alpha value is -0.850. The third-order valence-electron chi connectivity index (χ3n) is 2.93. The van der Waals surface area contributed by atoms with E-state index in [1.54, 1.807) is 4.90 Å². The zero-order valence-electron chi connectivity index (χ0n) is 10.6. The molecule has 96 valence electrons. The third-order valence-corrected chi connectivity index (χ3v) is 2.93. The molecule has 0 aliphatic carbocycles. The second-order valence-electron chi connectivity index (χ2n) is 4.04. The van der Waals surface area contributed by atoms with E-state index in [0.29, 0.717) is 6.17 Å². The van der Waals surface area contributed by atoms with Crippen LogP contribution in [0.3, 0.4) is 0 Å². The lowest BCUT2D eigenvalue weighted by atomic mass is 10.3. The molecule has 3 atom stereocenters. The molecule has 1 fully saturated rings. The van der Waals surface area contributed by atoms with Crippen molar-refractivity contribution in [3.63, 3.8) is 0 Å². The summed E-state index contributed by atoms with van der Waals surface area (Å²) in [4.78, 5) is 13.4. The summed E-state index contributed by atoms with van der Waals surface area (Å²) in [6, 6.07) is 0.764. The van der Waals surface area contributed by atoms with Crippen LogP contribution in [0.2, 0.25) is 0 Å². The molecule has 6 nitrogen and oxygen atoms in total. The van der Waals surface area contributed by atoms with Crippen LogP contribution in [0.15, 0.2) is 0 Å². The minimum Gasteiger partial charge on any atom is -0.524 e. The van der Waals surface area contributed by atoms with Crippen molar-refractivity contribution in [2.45, 2.75) is 26.1 Å². The van der Waals surface area contributed by atoms with Crippen LogP contribution in [0.25, 0.3) is 0 Å². The van der Waals surface area contributed by atoms with Crippen molar-refractivity contribution < 1.29 is 24.3 Å². The first-order valence-electron chi connectivity index (χ1n) is 5.27. The Labute approximate surface area is 96.7 Å². The number of carbonyl (C=O) groups excluding carboxylic acids is 1. The summed E-state index contributed by atoms with van der Waals surface area (Å²) >= 11 is 0. The quantitative estimate of drug-likeness (QED) is 0.448. The Kier molecular flexibility index (Phi) is 7.03. The van der Waals surface area contributed by atoms with E-state index < -0.39 is 6.16 Å². The molecule has 1 saturated heterocycles. The highest BCUT2D eigenvalue weighted by Crippen LogP contribution is 2.00. The van der Waals surface area contributed by atoms with Crippen molar-refractivity contribution in [1.82, 2.24) is 4.90 Å². The van der Waals surface area contributed by atoms with Gasteiger partial charge in [0, 0.05) is 14.0 Å². The van der Waals surface area contributed by atoms with Gasteiger partial charge in [-0.1, -0.05) is 0 Å². The largest absolute Gasteiger partial charge is 0.524 e. The number of nitrogens with zero attached hydrogens (tertiary/aromatic N) is 1. The van der Waals surface area contributed by atoms with E-state index in [1.165, 1.54) is 13.7 Å². The van der Waals surface area contributed by atoms with Crippen LogP contribution >= 0.6 is 0 Å². The van der Waals surface area contributed by atoms with E-state index in [-0.39, 0.29) is 6.79 Å². The molecule has 0 aromatic heterocycles. The fraction of sp³-hybridized carbons (Fsp3) is 0.900. The molecule has 1 N–H and O–H groups in total. The maximum Gasteiger partial charge on any atom is 0.253 e. The van der Waals surface area contributed by atoms with E-state index in [2.05, 4.69) is 42.3 Å². The van der Waals surface area contributed by atoms with E-state index >= 15 is 0 Å². The normalized spacial score (nSPS) is 29.4. The summed E-state index contributed by atoms with van der Waals surface area (Å²) in [5, 5.41) is 9.34. The molecule has 1 rings (SSSR count). The average Bonchev–Trinajstić information content (AvgIpc) is 2.44. The first-order chi connectivity index (χ1) is 7.40. The van der Waals surface area contributed by atoms with Crippen LogP contribution in [-0.2, 0) is 9.47 Å². The summed E-state index contributed by atoms with van der Waals surface area (Å²) in [7, 11) is 5.78. The molecule has 16 heavy (non-hydrogen) atoms. The van der Waals surface area contributed by atoms with E-state index in [4.69, 9.17) is 0 Å². The van der Waals surface area contributed by atoms with Crippen LogP contribution in [-0.4, -0.2) is 57.8 Å². The number of hydrogen-bond donors (Lipinski definition) is 1. The van der Waals surface area contributed by atoms with Crippen molar-refractivity contribution in [2.75, 3.05) is 34.5 Å². The van der Waals surface area contributed by atoms with Gasteiger partial charge in [-0.2, -0.15) is 0 Å². The maximum atomic E-state index is 9.34. The minimum atomic E-state index is -1.57. The van der Waals surface area contributed by atoms with Crippen LogP contribution < -0.4 is 10.0 Å². The highest BCUT2D eigenvalue weighted by atomic mass is 16.7. The SMILES string of the molecule is CC1C[NH+](C)C(C)N1C.COCOC(=O)[O-]. The summed E-state index contributed by atoms with van der Waals surface area (Å²) in [6.45, 7) is 5.59. The summed E-state index contributed by atoms with van der Waals surface area (Å²) < 4.78 is 7.98. The van der Waals surface area contributed by atoms with Crippen molar-refractivity contribution in [1.29, 1.82) is 0 Å². The molecule has 1 aliphatic rings. The van der Waals surface area contributed by atoms with Gasteiger partial charge in [-0.25, -0.2) is 4.90 Å². The van der Waals surface area contributed by atoms with Gasteiger partial charge in [-0.05, 0) is 14.0 Å². The fourth-order valence-electron chi connectivity index (χ4n) is 1.62. The number of carbonyl (C=O) groups is 1. The molecule has 0 radical (unpaired) electrons. The number of carboxylic acid groups (broad SMARTS) is 1. The molecule has 0 bridgehead atoms. The molecular weight excluding hydrogens is 212 g/mol. The lowest BCUT2D eigenvalue weighted by molar-refractivity contribution is -0.896. The molecule has 0 amide bonds. The van der Waals surface area contributed by atoms with Crippen molar-refractivity contribution in [2.24, 2.45) is 0 Å². The van der Waals surface area contributed by atoms with Gasteiger partial charge in [0.2, 0.25) is 0 Å². The first-order valence-corrected chi connectivity index (χ1v) is 5.27. The number of nitrogens with one attached hydrogen (secondary N) is 1. The molecule has 0 aromatic carbocycles. The summed E-state index contributed by atoms with van der Waals surface area (Å²) in [5.41, 5.74) is 0. The predicted octanol–water partition coefficient (Wildman–Crippen LogP) is -1.87. The number of likely N-dealkylation sites (N-methyl/N-ethyl adjacent to an activating group) is 2. The number of hydrogen-bond acceptors (Lipinski definition) is 5. The topological polar surface area (TPSA) is 66.3 Å². The molecular formula is C10H22N2O4. The van der Waals surface area contributed by atoms with Crippen LogP contribution in [0.4, 0.5) is 4.79 Å². The van der Waals surface area contributed by atoms with Gasteiger partial charge in [0.25, 0.3) is 6.16 Å². The summed E-state index contributed by atoms with van der Waals surface area (Å²) in [5.74, 6) is 0. The zero-order chi connectivity index (χ0) is 12.7. The smallest absolute Gasteiger partial charge is 0.253 e. The lowest BCUT2D eigenvalue weighted by Gasteiger charge is -2.17. The van der Waals surface area contributed by atoms with Crippen molar-refractivity contribution >= 4 is 6.16 Å². The monoisotopic (exact) mass is 234 g/mol. The van der Waals surface area contributed by atoms with Gasteiger partial charge in [0.15, 0.2) is 0 Å². The van der Waals surface area contributed by atoms with E-state index in [9.17, 15) is 9.90 Å². The second kappa shape index (κ2) is 7.43. The van der Waals surface area contributed by atoms with Gasteiger partial charge in [-0.3, -0.25) is 0 Å². The van der Waals surface area contributed by atoms with Gasteiger partial charge in [0.1, 0.15) is 13.0 Å². The lowest BCUT2D eigenvalue weighted by Crippen LogP contribution is -3.11. The first kappa shape index (κ1) is 15.2. The Morgan fingerprint density at radius 1 is 1.56 bits per heavy atom. The minimum absolute atomic E-state index is 0.262. The molecule has 1 aliphatic heterocycles.